The van der Waals surface area contributed by atoms with Crippen LogP contribution in [0.3, 0.4) is 0 Å². The van der Waals surface area contributed by atoms with Gasteiger partial charge in [0.15, 0.2) is 5.69 Å². The van der Waals surface area contributed by atoms with E-state index >= 15 is 0 Å². The standard InChI is InChI=1S/C13H20BrN3O2/c1-17-12(19-2)7-11(16-17)13(18)15-8-9-5-3-4-6-10(9)14/h7,9-10H,3-6,8H2,1-2H3,(H,15,18). The van der Waals surface area contributed by atoms with Crippen LogP contribution >= 0.6 is 15.9 Å². The highest BCUT2D eigenvalue weighted by Crippen LogP contribution is 2.29. The summed E-state index contributed by atoms with van der Waals surface area (Å²) >= 11 is 3.70. The molecule has 0 aromatic carbocycles. The molecule has 1 aliphatic rings. The number of ether oxygens (including phenoxy) is 1. The summed E-state index contributed by atoms with van der Waals surface area (Å²) in [4.78, 5) is 12.5. The lowest BCUT2D eigenvalue weighted by atomic mass is 9.89. The van der Waals surface area contributed by atoms with Crippen molar-refractivity contribution in [2.75, 3.05) is 13.7 Å². The Hall–Kier alpha value is -1.04. The number of amides is 1. The number of rotatable bonds is 4. The van der Waals surface area contributed by atoms with Crippen molar-refractivity contribution < 1.29 is 9.53 Å². The first-order chi connectivity index (χ1) is 9.11. The molecule has 5 nitrogen and oxygen atoms in total. The third-order valence-corrected chi connectivity index (χ3v) is 4.83. The average molecular weight is 330 g/mol. The molecule has 19 heavy (non-hydrogen) atoms. The van der Waals surface area contributed by atoms with Gasteiger partial charge in [-0.3, -0.25) is 4.79 Å². The largest absolute Gasteiger partial charge is 0.481 e. The highest BCUT2D eigenvalue weighted by Gasteiger charge is 2.23. The maximum absolute atomic E-state index is 12.0. The number of aromatic nitrogens is 2. The lowest BCUT2D eigenvalue weighted by molar-refractivity contribution is 0.0939. The molecular formula is C13H20BrN3O2. The van der Waals surface area contributed by atoms with Crippen LogP contribution in [0.4, 0.5) is 0 Å². The number of hydrogen-bond donors (Lipinski definition) is 1. The molecule has 1 heterocycles. The molecule has 1 N–H and O–H groups in total. The Morgan fingerprint density at radius 3 is 2.95 bits per heavy atom. The molecule has 0 bridgehead atoms. The van der Waals surface area contributed by atoms with E-state index in [-0.39, 0.29) is 5.91 Å². The Morgan fingerprint density at radius 1 is 1.58 bits per heavy atom. The SMILES string of the molecule is COc1cc(C(=O)NCC2CCCCC2Br)nn1C. The van der Waals surface area contributed by atoms with Gasteiger partial charge in [-0.2, -0.15) is 5.10 Å². The molecule has 1 amide bonds. The van der Waals surface area contributed by atoms with E-state index in [0.29, 0.717) is 28.9 Å². The van der Waals surface area contributed by atoms with Gasteiger partial charge in [0, 0.05) is 24.5 Å². The Labute approximate surface area is 121 Å². The molecule has 1 saturated carbocycles. The molecular weight excluding hydrogens is 310 g/mol. The predicted molar refractivity (Wildman–Crippen MR) is 76.8 cm³/mol. The topological polar surface area (TPSA) is 56.1 Å². The van der Waals surface area contributed by atoms with Crippen LogP contribution in [-0.4, -0.2) is 34.2 Å². The first-order valence-corrected chi connectivity index (χ1v) is 7.53. The number of nitrogens with zero attached hydrogens (tertiary/aromatic N) is 2. The van der Waals surface area contributed by atoms with E-state index in [4.69, 9.17) is 4.74 Å². The van der Waals surface area contributed by atoms with Crippen LogP contribution in [0.15, 0.2) is 6.07 Å². The average Bonchev–Trinajstić information content (AvgIpc) is 2.79. The third kappa shape index (κ3) is 3.49. The number of methoxy groups -OCH3 is 1. The molecule has 2 unspecified atom stereocenters. The van der Waals surface area contributed by atoms with Crippen LogP contribution in [0.25, 0.3) is 0 Å². The smallest absolute Gasteiger partial charge is 0.271 e. The highest BCUT2D eigenvalue weighted by atomic mass is 79.9. The van der Waals surface area contributed by atoms with E-state index in [1.165, 1.54) is 25.7 Å². The molecule has 1 aromatic rings. The zero-order chi connectivity index (χ0) is 13.8. The van der Waals surface area contributed by atoms with Gasteiger partial charge in [-0.25, -0.2) is 4.68 Å². The summed E-state index contributed by atoms with van der Waals surface area (Å²) in [7, 11) is 3.32. The van der Waals surface area contributed by atoms with Crippen LogP contribution in [0.2, 0.25) is 0 Å². The van der Waals surface area contributed by atoms with Crippen molar-refractivity contribution in [2.24, 2.45) is 13.0 Å². The summed E-state index contributed by atoms with van der Waals surface area (Å²) in [6, 6.07) is 1.65. The molecule has 106 valence electrons. The Bertz CT molecular complexity index is 447. The van der Waals surface area contributed by atoms with Gasteiger partial charge in [-0.1, -0.05) is 28.8 Å². The summed E-state index contributed by atoms with van der Waals surface area (Å²) in [6.07, 6.45) is 4.89. The summed E-state index contributed by atoms with van der Waals surface area (Å²) in [5.74, 6) is 0.966. The second kappa shape index (κ2) is 6.41. The first kappa shape index (κ1) is 14.4. The van der Waals surface area contributed by atoms with Gasteiger partial charge in [-0.05, 0) is 18.8 Å². The van der Waals surface area contributed by atoms with E-state index in [2.05, 4.69) is 26.3 Å². The minimum atomic E-state index is -0.135. The number of carbonyl (C=O) groups is 1. The first-order valence-electron chi connectivity index (χ1n) is 6.62. The van der Waals surface area contributed by atoms with Gasteiger partial charge in [0.05, 0.1) is 7.11 Å². The van der Waals surface area contributed by atoms with Gasteiger partial charge in [-0.15, -0.1) is 0 Å². The second-order valence-corrected chi connectivity index (χ2v) is 6.14. The maximum atomic E-state index is 12.0. The molecule has 2 atom stereocenters. The van der Waals surface area contributed by atoms with E-state index < -0.39 is 0 Å². The minimum Gasteiger partial charge on any atom is -0.481 e. The van der Waals surface area contributed by atoms with Crippen LogP contribution in [0.1, 0.15) is 36.2 Å². The zero-order valence-electron chi connectivity index (χ0n) is 11.4. The Morgan fingerprint density at radius 2 is 2.32 bits per heavy atom. The molecule has 0 radical (unpaired) electrons. The molecule has 1 aliphatic carbocycles. The van der Waals surface area contributed by atoms with Crippen molar-refractivity contribution in [2.45, 2.75) is 30.5 Å². The number of aryl methyl sites for hydroxylation is 1. The van der Waals surface area contributed by atoms with E-state index in [1.807, 2.05) is 0 Å². The fourth-order valence-corrected chi connectivity index (χ4v) is 3.23. The van der Waals surface area contributed by atoms with Crippen molar-refractivity contribution >= 4 is 21.8 Å². The van der Waals surface area contributed by atoms with Crippen LogP contribution in [0.5, 0.6) is 5.88 Å². The number of alkyl halides is 1. The fraction of sp³-hybridized carbons (Fsp3) is 0.692. The van der Waals surface area contributed by atoms with Crippen molar-refractivity contribution in [1.29, 1.82) is 0 Å². The summed E-state index contributed by atoms with van der Waals surface area (Å²) in [5, 5.41) is 7.10. The number of carbonyl (C=O) groups excluding carboxylic acids is 1. The Balaban J connectivity index is 1.89. The molecule has 2 rings (SSSR count). The highest BCUT2D eigenvalue weighted by molar-refractivity contribution is 9.09. The Kier molecular flexibility index (Phi) is 4.85. The summed E-state index contributed by atoms with van der Waals surface area (Å²) in [5.41, 5.74) is 0.404. The van der Waals surface area contributed by atoms with Gasteiger partial charge in [0.2, 0.25) is 5.88 Å². The lowest BCUT2D eigenvalue weighted by Gasteiger charge is -2.27. The summed E-state index contributed by atoms with van der Waals surface area (Å²) in [6.45, 7) is 0.702. The number of halogens is 1. The third-order valence-electron chi connectivity index (χ3n) is 3.62. The van der Waals surface area contributed by atoms with Gasteiger partial charge >= 0.3 is 0 Å². The van der Waals surface area contributed by atoms with Gasteiger partial charge < -0.3 is 10.1 Å². The molecule has 0 saturated heterocycles. The zero-order valence-corrected chi connectivity index (χ0v) is 12.9. The molecule has 0 spiro atoms. The van der Waals surface area contributed by atoms with E-state index in [1.54, 1.807) is 24.9 Å². The summed E-state index contributed by atoms with van der Waals surface area (Å²) < 4.78 is 6.66. The molecule has 1 aromatic heterocycles. The van der Waals surface area contributed by atoms with Crippen molar-refractivity contribution in [3.05, 3.63) is 11.8 Å². The van der Waals surface area contributed by atoms with E-state index in [9.17, 15) is 4.79 Å². The van der Waals surface area contributed by atoms with Gasteiger partial charge in [0.25, 0.3) is 5.91 Å². The van der Waals surface area contributed by atoms with Crippen molar-refractivity contribution in [1.82, 2.24) is 15.1 Å². The van der Waals surface area contributed by atoms with Crippen molar-refractivity contribution in [3.8, 4) is 5.88 Å². The lowest BCUT2D eigenvalue weighted by Crippen LogP contribution is -2.34. The predicted octanol–water partition coefficient (Wildman–Crippen LogP) is 2.11. The van der Waals surface area contributed by atoms with E-state index in [0.717, 1.165) is 0 Å². The normalized spacial score (nSPS) is 23.1. The number of hydrogen-bond acceptors (Lipinski definition) is 3. The molecule has 6 heteroatoms. The van der Waals surface area contributed by atoms with Gasteiger partial charge in [0.1, 0.15) is 0 Å². The number of nitrogens with one attached hydrogen (secondary N) is 1. The second-order valence-electron chi connectivity index (χ2n) is 4.97. The fourth-order valence-electron chi connectivity index (χ4n) is 2.46. The van der Waals surface area contributed by atoms with Crippen LogP contribution < -0.4 is 10.1 Å². The molecule has 1 fully saturated rings. The van der Waals surface area contributed by atoms with Crippen LogP contribution in [0, 0.1) is 5.92 Å². The monoisotopic (exact) mass is 329 g/mol. The van der Waals surface area contributed by atoms with Crippen LogP contribution in [-0.2, 0) is 7.05 Å². The molecule has 0 aliphatic heterocycles. The minimum absolute atomic E-state index is 0.135. The quantitative estimate of drug-likeness (QED) is 0.861. The maximum Gasteiger partial charge on any atom is 0.271 e. The van der Waals surface area contributed by atoms with Crippen molar-refractivity contribution in [3.63, 3.8) is 0 Å².